The third kappa shape index (κ3) is 5.52. The SMILES string of the molecule is c1ccc(-c2nc(-c3ccccc3)nc(-c3cccc(-c4ccc(-n5ccc6ccc7c(ccc8c7c7c9ccccc9ccc7n8-c7ccccc7)c65)cc4)c3)n2)cc1. The lowest BCUT2D eigenvalue weighted by molar-refractivity contribution is 1.07. The maximum absolute atomic E-state index is 4.98. The van der Waals surface area contributed by atoms with E-state index >= 15 is 0 Å². The van der Waals surface area contributed by atoms with Crippen molar-refractivity contribution >= 4 is 54.3 Å². The molecule has 9 aromatic carbocycles. The molecule has 0 saturated heterocycles. The van der Waals surface area contributed by atoms with E-state index in [9.17, 15) is 0 Å². The van der Waals surface area contributed by atoms with Crippen LogP contribution in [0.5, 0.6) is 0 Å². The molecule has 0 N–H and O–H groups in total. The van der Waals surface area contributed by atoms with E-state index < -0.39 is 0 Å². The molecule has 0 atom stereocenters. The average molecular weight is 766 g/mol. The standard InChI is InChI=1S/C55H35N5/c1-4-14-39(15-5-1)53-56-54(40-16-6-2-7-17-40)58-55(57-53)42-19-12-18-41(35-42)36-23-27-43(28-24-36)59-34-33-38-25-29-46-47(52(38)59)30-32-49-51(46)50-45-22-11-10-13-37(45)26-31-48(50)60(49)44-20-8-3-9-21-44/h1-35H. The van der Waals surface area contributed by atoms with Crippen molar-refractivity contribution in [3.8, 4) is 56.7 Å². The Balaban J connectivity index is 0.967. The number of hydrogen-bond acceptors (Lipinski definition) is 3. The van der Waals surface area contributed by atoms with Crippen molar-refractivity contribution in [2.24, 2.45) is 0 Å². The molecule has 0 saturated carbocycles. The van der Waals surface area contributed by atoms with E-state index in [4.69, 9.17) is 15.0 Å². The quantitative estimate of drug-likeness (QED) is 0.169. The van der Waals surface area contributed by atoms with Gasteiger partial charge in [-0.15, -0.1) is 0 Å². The fourth-order valence-electron chi connectivity index (χ4n) is 8.98. The minimum Gasteiger partial charge on any atom is -0.316 e. The first kappa shape index (κ1) is 33.9. The van der Waals surface area contributed by atoms with Gasteiger partial charge in [0.25, 0.3) is 0 Å². The van der Waals surface area contributed by atoms with Crippen LogP contribution in [0.2, 0.25) is 0 Å². The van der Waals surface area contributed by atoms with Gasteiger partial charge in [0.15, 0.2) is 17.5 Å². The molecule has 12 rings (SSSR count). The van der Waals surface area contributed by atoms with Gasteiger partial charge in [0.05, 0.1) is 16.6 Å². The minimum absolute atomic E-state index is 0.640. The van der Waals surface area contributed by atoms with Crippen molar-refractivity contribution in [2.75, 3.05) is 0 Å². The molecule has 0 radical (unpaired) electrons. The van der Waals surface area contributed by atoms with Gasteiger partial charge in [-0.2, -0.15) is 0 Å². The van der Waals surface area contributed by atoms with Gasteiger partial charge in [-0.05, 0) is 75.8 Å². The molecule has 12 aromatic rings. The molecular formula is C55H35N5. The normalized spacial score (nSPS) is 11.7. The fraction of sp³-hybridized carbons (Fsp3) is 0. The molecule has 0 bridgehead atoms. The monoisotopic (exact) mass is 765 g/mol. The van der Waals surface area contributed by atoms with E-state index in [0.29, 0.717) is 17.5 Å². The molecule has 0 aliphatic heterocycles. The Labute approximate surface area is 346 Å². The van der Waals surface area contributed by atoms with Crippen LogP contribution in [-0.2, 0) is 0 Å². The second-order valence-corrected chi connectivity index (χ2v) is 15.3. The van der Waals surface area contributed by atoms with Crippen LogP contribution in [0.1, 0.15) is 0 Å². The van der Waals surface area contributed by atoms with Gasteiger partial charge in [0, 0.05) is 55.8 Å². The van der Waals surface area contributed by atoms with E-state index in [1.807, 2.05) is 60.7 Å². The molecule has 60 heavy (non-hydrogen) atoms. The number of rotatable bonds is 6. The molecule has 0 amide bonds. The summed E-state index contributed by atoms with van der Waals surface area (Å²) < 4.78 is 4.75. The highest BCUT2D eigenvalue weighted by Gasteiger charge is 2.19. The summed E-state index contributed by atoms with van der Waals surface area (Å²) in [5.74, 6) is 1.94. The smallest absolute Gasteiger partial charge is 0.164 e. The first-order valence-electron chi connectivity index (χ1n) is 20.3. The molecule has 0 fully saturated rings. The number of hydrogen-bond donors (Lipinski definition) is 0. The van der Waals surface area contributed by atoms with Crippen LogP contribution >= 0.6 is 0 Å². The topological polar surface area (TPSA) is 48.5 Å². The van der Waals surface area contributed by atoms with E-state index in [1.54, 1.807) is 0 Å². The van der Waals surface area contributed by atoms with E-state index in [2.05, 4.69) is 161 Å². The predicted molar refractivity (Wildman–Crippen MR) is 248 cm³/mol. The Kier molecular flexibility index (Phi) is 7.78. The number of nitrogens with zero attached hydrogens (tertiary/aromatic N) is 5. The molecule has 5 nitrogen and oxygen atoms in total. The molecule has 280 valence electrons. The van der Waals surface area contributed by atoms with Crippen LogP contribution in [-0.4, -0.2) is 24.1 Å². The zero-order valence-corrected chi connectivity index (χ0v) is 32.4. The zero-order valence-electron chi connectivity index (χ0n) is 32.4. The van der Waals surface area contributed by atoms with Crippen LogP contribution in [0, 0.1) is 0 Å². The zero-order chi connectivity index (χ0) is 39.6. The maximum atomic E-state index is 4.98. The number of aromatic nitrogens is 5. The van der Waals surface area contributed by atoms with Crippen molar-refractivity contribution < 1.29 is 0 Å². The molecule has 0 unspecified atom stereocenters. The van der Waals surface area contributed by atoms with Crippen molar-refractivity contribution in [1.29, 1.82) is 0 Å². The summed E-state index contributed by atoms with van der Waals surface area (Å²) in [5.41, 5.74) is 10.9. The summed E-state index contributed by atoms with van der Waals surface area (Å²) in [7, 11) is 0. The van der Waals surface area contributed by atoms with Crippen LogP contribution in [0.4, 0.5) is 0 Å². The summed E-state index contributed by atoms with van der Waals surface area (Å²) in [6.45, 7) is 0. The molecule has 3 heterocycles. The Morgan fingerprint density at radius 1 is 0.317 bits per heavy atom. The Hall–Kier alpha value is -8.15. The Bertz CT molecular complexity index is 3510. The summed E-state index contributed by atoms with van der Waals surface area (Å²) in [4.78, 5) is 14.8. The van der Waals surface area contributed by atoms with Crippen LogP contribution < -0.4 is 0 Å². The van der Waals surface area contributed by atoms with Gasteiger partial charge in [-0.3, -0.25) is 0 Å². The number of benzene rings is 9. The highest BCUT2D eigenvalue weighted by molar-refractivity contribution is 6.30. The van der Waals surface area contributed by atoms with Gasteiger partial charge in [0.1, 0.15) is 0 Å². The van der Waals surface area contributed by atoms with E-state index in [-0.39, 0.29) is 0 Å². The maximum Gasteiger partial charge on any atom is 0.164 e. The summed E-state index contributed by atoms with van der Waals surface area (Å²) in [5, 5.41) is 8.74. The molecule has 5 heteroatoms. The third-order valence-corrected chi connectivity index (χ3v) is 11.8. The summed E-state index contributed by atoms with van der Waals surface area (Å²) in [6.07, 6.45) is 2.20. The lowest BCUT2D eigenvalue weighted by atomic mass is 9.98. The van der Waals surface area contributed by atoms with Gasteiger partial charge < -0.3 is 9.13 Å². The molecule has 0 aliphatic rings. The van der Waals surface area contributed by atoms with Crippen molar-refractivity contribution in [3.63, 3.8) is 0 Å². The van der Waals surface area contributed by atoms with Crippen LogP contribution in [0.15, 0.2) is 212 Å². The third-order valence-electron chi connectivity index (χ3n) is 11.8. The molecule has 0 spiro atoms. The molecule has 0 aliphatic carbocycles. The largest absolute Gasteiger partial charge is 0.316 e. The van der Waals surface area contributed by atoms with Crippen LogP contribution in [0.3, 0.4) is 0 Å². The lowest BCUT2D eigenvalue weighted by Gasteiger charge is -2.12. The average Bonchev–Trinajstić information content (AvgIpc) is 3.93. The van der Waals surface area contributed by atoms with Gasteiger partial charge >= 0.3 is 0 Å². The van der Waals surface area contributed by atoms with E-state index in [1.165, 1.54) is 54.3 Å². The molecule has 3 aromatic heterocycles. The highest BCUT2D eigenvalue weighted by Crippen LogP contribution is 2.42. The first-order valence-corrected chi connectivity index (χ1v) is 20.3. The van der Waals surface area contributed by atoms with Gasteiger partial charge in [0.2, 0.25) is 0 Å². The van der Waals surface area contributed by atoms with Crippen molar-refractivity contribution in [3.05, 3.63) is 212 Å². The minimum atomic E-state index is 0.640. The lowest BCUT2D eigenvalue weighted by Crippen LogP contribution is -2.00. The summed E-state index contributed by atoms with van der Waals surface area (Å²) >= 11 is 0. The second-order valence-electron chi connectivity index (χ2n) is 15.3. The first-order chi connectivity index (χ1) is 29.7. The van der Waals surface area contributed by atoms with E-state index in [0.717, 1.165) is 39.2 Å². The predicted octanol–water partition coefficient (Wildman–Crippen LogP) is 13.9. The second kappa shape index (κ2) is 13.8. The summed E-state index contributed by atoms with van der Waals surface area (Å²) in [6, 6.07) is 73.0. The van der Waals surface area contributed by atoms with Crippen molar-refractivity contribution in [2.45, 2.75) is 0 Å². The Morgan fingerprint density at radius 3 is 1.58 bits per heavy atom. The fourth-order valence-corrected chi connectivity index (χ4v) is 8.98. The number of fused-ring (bicyclic) bond motifs is 9. The van der Waals surface area contributed by atoms with Gasteiger partial charge in [-0.1, -0.05) is 158 Å². The highest BCUT2D eigenvalue weighted by atomic mass is 15.0. The van der Waals surface area contributed by atoms with Crippen molar-refractivity contribution in [1.82, 2.24) is 24.1 Å². The Morgan fingerprint density at radius 2 is 0.867 bits per heavy atom. The number of para-hydroxylation sites is 1. The molecular weight excluding hydrogens is 731 g/mol. The van der Waals surface area contributed by atoms with Gasteiger partial charge in [-0.25, -0.2) is 15.0 Å². The van der Waals surface area contributed by atoms with Crippen LogP contribution in [0.25, 0.3) is 111 Å².